The Hall–Kier alpha value is -1.62. The molecule has 0 aromatic heterocycles. The van der Waals surface area contributed by atoms with E-state index in [2.05, 4.69) is 11.9 Å². The van der Waals surface area contributed by atoms with Crippen molar-refractivity contribution in [3.05, 3.63) is 29.6 Å². The third-order valence-corrected chi connectivity index (χ3v) is 4.62. The summed E-state index contributed by atoms with van der Waals surface area (Å²) in [7, 11) is 2.11. The Kier molecular flexibility index (Phi) is 3.38. The smallest absolute Gasteiger partial charge is 0.256 e. The summed E-state index contributed by atoms with van der Waals surface area (Å²) in [4.78, 5) is 16.5. The molecule has 2 unspecified atom stereocenters. The van der Waals surface area contributed by atoms with Crippen molar-refractivity contribution in [2.75, 3.05) is 20.1 Å². The van der Waals surface area contributed by atoms with E-state index in [0.717, 1.165) is 18.9 Å². The molecule has 2 saturated heterocycles. The summed E-state index contributed by atoms with van der Waals surface area (Å²) in [6, 6.07) is 4.63. The predicted octanol–water partition coefficient (Wildman–Crippen LogP) is 1.84. The summed E-state index contributed by atoms with van der Waals surface area (Å²) in [6.45, 7) is 1.33. The van der Waals surface area contributed by atoms with Gasteiger partial charge in [0.2, 0.25) is 0 Å². The van der Waals surface area contributed by atoms with Crippen LogP contribution in [-0.2, 0) is 0 Å². The molecular formula is C15H19FN2O2. The second-order valence-corrected chi connectivity index (χ2v) is 5.75. The van der Waals surface area contributed by atoms with Crippen LogP contribution in [0.3, 0.4) is 0 Å². The van der Waals surface area contributed by atoms with Gasteiger partial charge in [0.25, 0.3) is 5.91 Å². The molecule has 2 fully saturated rings. The van der Waals surface area contributed by atoms with E-state index in [1.165, 1.54) is 18.6 Å². The number of likely N-dealkylation sites (N-methyl/N-ethyl adjacent to an activating group) is 1. The van der Waals surface area contributed by atoms with Crippen molar-refractivity contribution in [3.63, 3.8) is 0 Å². The van der Waals surface area contributed by atoms with Gasteiger partial charge in [-0.15, -0.1) is 0 Å². The molecule has 2 aliphatic rings. The number of hydrogen-bond donors (Lipinski definition) is 1. The van der Waals surface area contributed by atoms with Gasteiger partial charge in [0.1, 0.15) is 11.6 Å². The molecule has 2 aliphatic heterocycles. The Labute approximate surface area is 117 Å². The molecule has 108 valence electrons. The summed E-state index contributed by atoms with van der Waals surface area (Å²) in [5, 5.41) is 9.22. The van der Waals surface area contributed by atoms with Crippen LogP contribution in [0.2, 0.25) is 0 Å². The van der Waals surface area contributed by atoms with Crippen molar-refractivity contribution in [2.24, 2.45) is 0 Å². The number of fused-ring (bicyclic) bond motifs is 2. The highest BCUT2D eigenvalue weighted by atomic mass is 19.1. The topological polar surface area (TPSA) is 43.8 Å². The Morgan fingerprint density at radius 1 is 1.30 bits per heavy atom. The minimum Gasteiger partial charge on any atom is -0.508 e. The minimum absolute atomic E-state index is 0.0447. The molecule has 5 heteroatoms. The molecule has 20 heavy (non-hydrogen) atoms. The maximum Gasteiger partial charge on any atom is 0.256 e. The van der Waals surface area contributed by atoms with Gasteiger partial charge in [-0.1, -0.05) is 0 Å². The van der Waals surface area contributed by atoms with Gasteiger partial charge in [0, 0.05) is 31.2 Å². The van der Waals surface area contributed by atoms with Gasteiger partial charge in [-0.25, -0.2) is 4.39 Å². The molecular weight excluding hydrogens is 259 g/mol. The lowest BCUT2D eigenvalue weighted by Crippen LogP contribution is -2.40. The molecule has 1 aromatic carbocycles. The number of aromatic hydroxyl groups is 1. The summed E-state index contributed by atoms with van der Waals surface area (Å²) in [5.41, 5.74) is 0.0447. The van der Waals surface area contributed by atoms with Crippen molar-refractivity contribution < 1.29 is 14.3 Å². The van der Waals surface area contributed by atoms with Gasteiger partial charge >= 0.3 is 0 Å². The van der Waals surface area contributed by atoms with Crippen LogP contribution in [0.1, 0.15) is 29.6 Å². The van der Waals surface area contributed by atoms with Gasteiger partial charge in [0.05, 0.1) is 5.56 Å². The lowest BCUT2D eigenvalue weighted by atomic mass is 10.1. The zero-order chi connectivity index (χ0) is 14.3. The van der Waals surface area contributed by atoms with Crippen LogP contribution in [0.25, 0.3) is 0 Å². The minimum atomic E-state index is -0.655. The fourth-order valence-electron chi connectivity index (χ4n) is 3.34. The van der Waals surface area contributed by atoms with Crippen molar-refractivity contribution in [3.8, 4) is 5.75 Å². The standard InChI is InChI=1S/C15H19FN2O2/c1-17-10-2-3-11(17)9-18(7-6-10)15(20)13-5-4-12(19)8-14(13)16/h4-5,8,10-11,19H,2-3,6-7,9H2,1H3. The van der Waals surface area contributed by atoms with Gasteiger partial charge in [-0.2, -0.15) is 0 Å². The molecule has 1 N–H and O–H groups in total. The number of hydrogen-bond acceptors (Lipinski definition) is 3. The maximum atomic E-state index is 13.8. The van der Waals surface area contributed by atoms with E-state index in [1.807, 2.05) is 0 Å². The molecule has 2 bridgehead atoms. The quantitative estimate of drug-likeness (QED) is 0.852. The third-order valence-electron chi connectivity index (χ3n) is 4.62. The molecule has 0 aliphatic carbocycles. The second-order valence-electron chi connectivity index (χ2n) is 5.75. The number of carbonyl (C=O) groups excluding carboxylic acids is 1. The monoisotopic (exact) mass is 278 g/mol. The number of halogens is 1. The van der Waals surface area contributed by atoms with E-state index in [9.17, 15) is 14.3 Å². The molecule has 0 spiro atoms. The fraction of sp³-hybridized carbons (Fsp3) is 0.533. The Bertz CT molecular complexity index is 535. The van der Waals surface area contributed by atoms with Crippen molar-refractivity contribution in [2.45, 2.75) is 31.3 Å². The Morgan fingerprint density at radius 3 is 2.80 bits per heavy atom. The number of benzene rings is 1. The molecule has 0 radical (unpaired) electrons. The van der Waals surface area contributed by atoms with E-state index in [1.54, 1.807) is 4.90 Å². The first-order chi connectivity index (χ1) is 9.56. The van der Waals surface area contributed by atoms with E-state index >= 15 is 0 Å². The summed E-state index contributed by atoms with van der Waals surface area (Å²) < 4.78 is 13.8. The van der Waals surface area contributed by atoms with Gasteiger partial charge in [-0.05, 0) is 38.4 Å². The number of phenols is 1. The van der Waals surface area contributed by atoms with E-state index in [4.69, 9.17) is 0 Å². The van der Waals surface area contributed by atoms with Crippen molar-refractivity contribution >= 4 is 5.91 Å². The normalized spacial score (nSPS) is 26.6. The van der Waals surface area contributed by atoms with Gasteiger partial charge in [-0.3, -0.25) is 9.69 Å². The van der Waals surface area contributed by atoms with Gasteiger partial charge < -0.3 is 10.0 Å². The van der Waals surface area contributed by atoms with Crippen LogP contribution in [0.4, 0.5) is 4.39 Å². The van der Waals surface area contributed by atoms with Crippen LogP contribution in [0, 0.1) is 5.82 Å². The molecule has 1 amide bonds. The first-order valence-corrected chi connectivity index (χ1v) is 7.06. The predicted molar refractivity (Wildman–Crippen MR) is 73.2 cm³/mol. The maximum absolute atomic E-state index is 13.8. The van der Waals surface area contributed by atoms with E-state index in [0.29, 0.717) is 25.2 Å². The molecule has 4 nitrogen and oxygen atoms in total. The van der Waals surface area contributed by atoms with Crippen LogP contribution in [-0.4, -0.2) is 53.0 Å². The highest BCUT2D eigenvalue weighted by Crippen LogP contribution is 2.29. The average molecular weight is 278 g/mol. The van der Waals surface area contributed by atoms with Crippen LogP contribution < -0.4 is 0 Å². The van der Waals surface area contributed by atoms with Crippen LogP contribution in [0.5, 0.6) is 5.75 Å². The van der Waals surface area contributed by atoms with Crippen LogP contribution in [0.15, 0.2) is 18.2 Å². The number of likely N-dealkylation sites (tertiary alicyclic amines) is 1. The average Bonchev–Trinajstić information content (AvgIpc) is 2.62. The molecule has 1 aromatic rings. The number of carbonyl (C=O) groups is 1. The number of phenolic OH excluding ortho intramolecular Hbond substituents is 1. The first kappa shape index (κ1) is 13.4. The highest BCUT2D eigenvalue weighted by molar-refractivity contribution is 5.94. The van der Waals surface area contributed by atoms with Crippen LogP contribution >= 0.6 is 0 Å². The molecule has 2 atom stereocenters. The number of nitrogens with zero attached hydrogens (tertiary/aromatic N) is 2. The zero-order valence-electron chi connectivity index (χ0n) is 11.6. The van der Waals surface area contributed by atoms with Crippen molar-refractivity contribution in [1.29, 1.82) is 0 Å². The molecule has 0 saturated carbocycles. The lowest BCUT2D eigenvalue weighted by Gasteiger charge is -2.26. The van der Waals surface area contributed by atoms with E-state index in [-0.39, 0.29) is 17.2 Å². The molecule has 2 heterocycles. The number of rotatable bonds is 1. The Morgan fingerprint density at radius 2 is 2.05 bits per heavy atom. The molecule has 3 rings (SSSR count). The second kappa shape index (κ2) is 5.05. The zero-order valence-corrected chi connectivity index (χ0v) is 11.6. The van der Waals surface area contributed by atoms with Crippen molar-refractivity contribution in [1.82, 2.24) is 9.80 Å². The third kappa shape index (κ3) is 2.26. The fourth-order valence-corrected chi connectivity index (χ4v) is 3.34. The van der Waals surface area contributed by atoms with E-state index < -0.39 is 5.82 Å². The number of amides is 1. The highest BCUT2D eigenvalue weighted by Gasteiger charge is 2.36. The SMILES string of the molecule is CN1C2CCC1CN(C(=O)c1ccc(O)cc1F)CC2. The largest absolute Gasteiger partial charge is 0.508 e. The summed E-state index contributed by atoms with van der Waals surface area (Å²) >= 11 is 0. The lowest BCUT2D eigenvalue weighted by molar-refractivity contribution is 0.0735. The Balaban J connectivity index is 1.80. The summed E-state index contributed by atoms with van der Waals surface area (Å²) in [5.74, 6) is -1.09. The first-order valence-electron chi connectivity index (χ1n) is 7.06. The summed E-state index contributed by atoms with van der Waals surface area (Å²) in [6.07, 6.45) is 3.23. The van der Waals surface area contributed by atoms with Gasteiger partial charge in [0.15, 0.2) is 0 Å².